The number of phenolic OH excluding ortho intramolecular Hbond substituents is 1. The van der Waals surface area contributed by atoms with Crippen molar-refractivity contribution < 1.29 is 9.90 Å². The second-order valence-corrected chi connectivity index (χ2v) is 6.67. The Morgan fingerprint density at radius 2 is 1.73 bits per heavy atom. The van der Waals surface area contributed by atoms with E-state index in [1.54, 1.807) is 48.5 Å². The number of benzene rings is 3. The summed E-state index contributed by atoms with van der Waals surface area (Å²) < 4.78 is 1.52. The summed E-state index contributed by atoms with van der Waals surface area (Å²) in [6.45, 7) is 1.98. The lowest BCUT2D eigenvalue weighted by atomic mass is 10.1. The van der Waals surface area contributed by atoms with Crippen LogP contribution in [0.25, 0.3) is 17.1 Å². The Hall–Kier alpha value is -4.44. The minimum absolute atomic E-state index is 0.0449. The number of hydrogen-bond donors (Lipinski definition) is 2. The number of rotatable bonds is 4. The summed E-state index contributed by atoms with van der Waals surface area (Å²) in [4.78, 5) is 17.2. The van der Waals surface area contributed by atoms with E-state index in [1.165, 1.54) is 4.68 Å². The van der Waals surface area contributed by atoms with Crippen LogP contribution in [0.3, 0.4) is 0 Å². The number of carbonyl (C=O) groups excluding carboxylic acids is 1. The van der Waals surface area contributed by atoms with E-state index in [-0.39, 0.29) is 23.4 Å². The van der Waals surface area contributed by atoms with E-state index >= 15 is 0 Å². The third kappa shape index (κ3) is 3.75. The summed E-state index contributed by atoms with van der Waals surface area (Å²) in [6, 6.07) is 22.7. The number of aryl methyl sites for hydroxylation is 1. The van der Waals surface area contributed by atoms with Crippen LogP contribution in [0.2, 0.25) is 0 Å². The number of anilines is 1. The van der Waals surface area contributed by atoms with Crippen LogP contribution < -0.4 is 5.32 Å². The first-order valence-corrected chi connectivity index (χ1v) is 9.19. The van der Waals surface area contributed by atoms with Gasteiger partial charge in [-0.1, -0.05) is 29.8 Å². The number of phenols is 1. The Balaban J connectivity index is 1.75. The van der Waals surface area contributed by atoms with E-state index in [2.05, 4.69) is 15.4 Å². The first-order chi connectivity index (χ1) is 14.5. The van der Waals surface area contributed by atoms with E-state index in [0.717, 1.165) is 5.56 Å². The van der Waals surface area contributed by atoms with Gasteiger partial charge in [0.05, 0.1) is 22.9 Å². The van der Waals surface area contributed by atoms with Crippen LogP contribution in [0.1, 0.15) is 21.5 Å². The molecule has 0 radical (unpaired) electrons. The largest absolute Gasteiger partial charge is 0.507 e. The molecule has 0 saturated heterocycles. The summed E-state index contributed by atoms with van der Waals surface area (Å²) in [5, 5.41) is 26.4. The molecule has 1 heterocycles. The summed E-state index contributed by atoms with van der Waals surface area (Å²) >= 11 is 0. The van der Waals surface area contributed by atoms with E-state index in [4.69, 9.17) is 5.26 Å². The number of amides is 1. The lowest BCUT2D eigenvalue weighted by molar-refractivity contribution is 0.102. The Bertz CT molecular complexity index is 1250. The summed E-state index contributed by atoms with van der Waals surface area (Å²) in [5.41, 5.74) is 3.11. The van der Waals surface area contributed by atoms with Gasteiger partial charge >= 0.3 is 0 Å². The number of aromatic hydroxyl groups is 1. The van der Waals surface area contributed by atoms with Gasteiger partial charge in [0.1, 0.15) is 5.75 Å². The molecular weight excluding hydrogens is 378 g/mol. The molecule has 2 N–H and O–H groups in total. The molecule has 4 rings (SSSR count). The maximum absolute atomic E-state index is 12.7. The van der Waals surface area contributed by atoms with Crippen LogP contribution >= 0.6 is 0 Å². The van der Waals surface area contributed by atoms with Gasteiger partial charge in [-0.05, 0) is 55.5 Å². The molecule has 0 fully saturated rings. The van der Waals surface area contributed by atoms with Crippen molar-refractivity contribution in [3.63, 3.8) is 0 Å². The van der Waals surface area contributed by atoms with Crippen molar-refractivity contribution in [2.45, 2.75) is 6.92 Å². The third-order valence-electron chi connectivity index (χ3n) is 4.53. The van der Waals surface area contributed by atoms with Crippen molar-refractivity contribution >= 4 is 11.9 Å². The number of aromatic nitrogens is 3. The van der Waals surface area contributed by atoms with Crippen molar-refractivity contribution in [1.29, 1.82) is 5.26 Å². The molecule has 1 aromatic heterocycles. The topological polar surface area (TPSA) is 104 Å². The second-order valence-electron chi connectivity index (χ2n) is 6.67. The molecule has 7 heteroatoms. The number of para-hydroxylation sites is 1. The van der Waals surface area contributed by atoms with Gasteiger partial charge in [0.15, 0.2) is 5.82 Å². The van der Waals surface area contributed by atoms with Crippen LogP contribution in [-0.2, 0) is 0 Å². The van der Waals surface area contributed by atoms with Crippen molar-refractivity contribution in [2.24, 2.45) is 0 Å². The fourth-order valence-electron chi connectivity index (χ4n) is 2.91. The molecule has 0 aliphatic heterocycles. The number of nitriles is 1. The summed E-state index contributed by atoms with van der Waals surface area (Å²) in [5.74, 6) is 0.155. The van der Waals surface area contributed by atoms with Crippen LogP contribution in [0.4, 0.5) is 5.95 Å². The molecule has 0 unspecified atom stereocenters. The maximum Gasteiger partial charge on any atom is 0.258 e. The van der Waals surface area contributed by atoms with Gasteiger partial charge < -0.3 is 5.11 Å². The first-order valence-electron chi connectivity index (χ1n) is 9.19. The summed E-state index contributed by atoms with van der Waals surface area (Å²) in [7, 11) is 0. The fourth-order valence-corrected chi connectivity index (χ4v) is 2.91. The standard InChI is InChI=1S/C23H17N5O2/c1-15-6-12-18(13-7-15)28-23(25-21(27-28)19-4-2-3-5-20(19)29)26-22(30)17-10-8-16(14-24)9-11-17/h2-13,29H,1H3,(H,25,26,27,30). The van der Waals surface area contributed by atoms with E-state index in [1.807, 2.05) is 37.3 Å². The van der Waals surface area contributed by atoms with Gasteiger partial charge in [-0.25, -0.2) is 0 Å². The van der Waals surface area contributed by atoms with E-state index in [9.17, 15) is 9.90 Å². The highest BCUT2D eigenvalue weighted by Gasteiger charge is 2.18. The van der Waals surface area contributed by atoms with Gasteiger partial charge in [-0.15, -0.1) is 5.10 Å². The zero-order valence-corrected chi connectivity index (χ0v) is 16.1. The quantitative estimate of drug-likeness (QED) is 0.542. The highest BCUT2D eigenvalue weighted by molar-refractivity contribution is 6.03. The number of hydrogen-bond acceptors (Lipinski definition) is 5. The molecule has 3 aromatic carbocycles. The van der Waals surface area contributed by atoms with Crippen LogP contribution in [-0.4, -0.2) is 25.8 Å². The Labute approximate surface area is 172 Å². The average Bonchev–Trinajstić information content (AvgIpc) is 3.18. The predicted molar refractivity (Wildman–Crippen MR) is 112 cm³/mol. The minimum atomic E-state index is -0.385. The monoisotopic (exact) mass is 395 g/mol. The third-order valence-corrected chi connectivity index (χ3v) is 4.53. The average molecular weight is 395 g/mol. The zero-order valence-electron chi connectivity index (χ0n) is 16.1. The van der Waals surface area contributed by atoms with Gasteiger partial charge in [-0.2, -0.15) is 14.9 Å². The van der Waals surface area contributed by atoms with Crippen LogP contribution in [0.15, 0.2) is 72.8 Å². The molecule has 0 saturated carbocycles. The lowest BCUT2D eigenvalue weighted by Gasteiger charge is -2.07. The maximum atomic E-state index is 12.7. The SMILES string of the molecule is Cc1ccc(-n2nc(-c3ccccc3O)nc2NC(=O)c2ccc(C#N)cc2)cc1. The molecule has 1 amide bonds. The second kappa shape index (κ2) is 7.89. The first kappa shape index (κ1) is 18.9. The van der Waals surface area contributed by atoms with Gasteiger partial charge in [-0.3, -0.25) is 10.1 Å². The zero-order chi connectivity index (χ0) is 21.1. The van der Waals surface area contributed by atoms with E-state index < -0.39 is 0 Å². The van der Waals surface area contributed by atoms with Crippen molar-refractivity contribution in [2.75, 3.05) is 5.32 Å². The Morgan fingerprint density at radius 1 is 1.03 bits per heavy atom. The normalized spacial score (nSPS) is 10.4. The Kier molecular flexibility index (Phi) is 4.97. The number of carbonyl (C=O) groups is 1. The molecule has 0 aliphatic rings. The van der Waals surface area contributed by atoms with Gasteiger partial charge in [0.25, 0.3) is 5.91 Å². The Morgan fingerprint density at radius 3 is 2.40 bits per heavy atom. The highest BCUT2D eigenvalue weighted by atomic mass is 16.3. The predicted octanol–water partition coefficient (Wildman–Crippen LogP) is 4.07. The molecule has 146 valence electrons. The van der Waals surface area contributed by atoms with Gasteiger partial charge in [0, 0.05) is 5.56 Å². The highest BCUT2D eigenvalue weighted by Crippen LogP contribution is 2.28. The van der Waals surface area contributed by atoms with Crippen LogP contribution in [0.5, 0.6) is 5.75 Å². The molecule has 30 heavy (non-hydrogen) atoms. The van der Waals surface area contributed by atoms with Crippen molar-refractivity contribution in [3.8, 4) is 28.9 Å². The van der Waals surface area contributed by atoms with Crippen molar-refractivity contribution in [1.82, 2.24) is 14.8 Å². The van der Waals surface area contributed by atoms with Gasteiger partial charge in [0.2, 0.25) is 5.95 Å². The van der Waals surface area contributed by atoms with Crippen LogP contribution in [0, 0.1) is 18.3 Å². The number of nitrogens with zero attached hydrogens (tertiary/aromatic N) is 4. The number of nitrogens with one attached hydrogen (secondary N) is 1. The molecule has 4 aromatic rings. The molecule has 0 spiro atoms. The minimum Gasteiger partial charge on any atom is -0.507 e. The van der Waals surface area contributed by atoms with E-state index in [0.29, 0.717) is 22.4 Å². The molecule has 0 atom stereocenters. The molecule has 0 aliphatic carbocycles. The molecular formula is C23H17N5O2. The lowest BCUT2D eigenvalue weighted by Crippen LogP contribution is -2.16. The smallest absolute Gasteiger partial charge is 0.258 e. The fraction of sp³-hybridized carbons (Fsp3) is 0.0435. The molecule has 7 nitrogen and oxygen atoms in total. The van der Waals surface area contributed by atoms with Crippen molar-refractivity contribution in [3.05, 3.63) is 89.5 Å². The molecule has 0 bridgehead atoms. The summed E-state index contributed by atoms with van der Waals surface area (Å²) in [6.07, 6.45) is 0.